The molecule has 2 aromatic rings. The predicted molar refractivity (Wildman–Crippen MR) is 98.6 cm³/mol. The zero-order chi connectivity index (χ0) is 17.5. The van der Waals surface area contributed by atoms with Crippen LogP contribution in [0.5, 0.6) is 5.75 Å². The van der Waals surface area contributed by atoms with Gasteiger partial charge in [-0.2, -0.15) is 0 Å². The van der Waals surface area contributed by atoms with Gasteiger partial charge in [-0.3, -0.25) is 4.79 Å². The molecular formula is C20H24N2O2. The van der Waals surface area contributed by atoms with E-state index in [1.807, 2.05) is 56.3 Å². The number of carbonyl (C=O) groups is 1. The van der Waals surface area contributed by atoms with E-state index in [1.54, 1.807) is 30.2 Å². The SMILES string of the molecule is CC(C)Oc1ccc(/C=C\C(=O)N(C)Cc2ccccc2)cc1N. The van der Waals surface area contributed by atoms with Gasteiger partial charge in [0.25, 0.3) is 0 Å². The van der Waals surface area contributed by atoms with Gasteiger partial charge in [0.1, 0.15) is 5.75 Å². The minimum atomic E-state index is -0.0556. The molecule has 0 unspecified atom stereocenters. The summed E-state index contributed by atoms with van der Waals surface area (Å²) >= 11 is 0. The molecule has 0 spiro atoms. The fourth-order valence-electron chi connectivity index (χ4n) is 2.26. The predicted octanol–water partition coefficient (Wildman–Crippen LogP) is 3.73. The second kappa shape index (κ2) is 8.20. The van der Waals surface area contributed by atoms with Gasteiger partial charge < -0.3 is 15.4 Å². The Labute approximate surface area is 143 Å². The lowest BCUT2D eigenvalue weighted by Crippen LogP contribution is -2.24. The summed E-state index contributed by atoms with van der Waals surface area (Å²) in [5.41, 5.74) is 8.51. The number of carbonyl (C=O) groups excluding carboxylic acids is 1. The zero-order valence-corrected chi connectivity index (χ0v) is 14.4. The molecule has 1 amide bonds. The molecule has 0 aliphatic rings. The Morgan fingerprint density at radius 2 is 1.92 bits per heavy atom. The van der Waals surface area contributed by atoms with Crippen molar-refractivity contribution in [1.82, 2.24) is 4.90 Å². The van der Waals surface area contributed by atoms with Crippen LogP contribution in [0.15, 0.2) is 54.6 Å². The second-order valence-electron chi connectivity index (χ2n) is 5.98. The maximum atomic E-state index is 12.2. The van der Waals surface area contributed by atoms with Crippen LogP contribution in [0.2, 0.25) is 0 Å². The van der Waals surface area contributed by atoms with Gasteiger partial charge in [0, 0.05) is 19.7 Å². The minimum absolute atomic E-state index is 0.0556. The molecule has 0 aliphatic carbocycles. The van der Waals surface area contributed by atoms with Gasteiger partial charge >= 0.3 is 0 Å². The summed E-state index contributed by atoms with van der Waals surface area (Å²) in [5, 5.41) is 0. The molecule has 0 bridgehead atoms. The van der Waals surface area contributed by atoms with Gasteiger partial charge in [-0.25, -0.2) is 0 Å². The smallest absolute Gasteiger partial charge is 0.246 e. The van der Waals surface area contributed by atoms with Gasteiger partial charge in [0.15, 0.2) is 0 Å². The van der Waals surface area contributed by atoms with Crippen LogP contribution in [0, 0.1) is 0 Å². The van der Waals surface area contributed by atoms with Crippen LogP contribution in [0.1, 0.15) is 25.0 Å². The average molecular weight is 324 g/mol. The van der Waals surface area contributed by atoms with E-state index in [0.29, 0.717) is 18.0 Å². The molecule has 4 nitrogen and oxygen atoms in total. The van der Waals surface area contributed by atoms with Crippen molar-refractivity contribution in [1.29, 1.82) is 0 Å². The maximum absolute atomic E-state index is 12.2. The molecule has 0 saturated heterocycles. The second-order valence-corrected chi connectivity index (χ2v) is 5.98. The summed E-state index contributed by atoms with van der Waals surface area (Å²) in [5.74, 6) is 0.606. The van der Waals surface area contributed by atoms with Crippen molar-refractivity contribution in [2.45, 2.75) is 26.5 Å². The molecule has 2 aromatic carbocycles. The Morgan fingerprint density at radius 1 is 1.21 bits per heavy atom. The molecule has 2 rings (SSSR count). The molecule has 24 heavy (non-hydrogen) atoms. The largest absolute Gasteiger partial charge is 0.489 e. The van der Waals surface area contributed by atoms with Crippen molar-refractivity contribution in [3.05, 3.63) is 65.7 Å². The zero-order valence-electron chi connectivity index (χ0n) is 14.4. The highest BCUT2D eigenvalue weighted by Gasteiger charge is 2.06. The van der Waals surface area contributed by atoms with Crippen LogP contribution >= 0.6 is 0 Å². The van der Waals surface area contributed by atoms with E-state index in [2.05, 4.69) is 0 Å². The van der Waals surface area contributed by atoms with Crippen LogP contribution < -0.4 is 10.5 Å². The Bertz CT molecular complexity index is 709. The number of hydrogen-bond donors (Lipinski definition) is 1. The first-order valence-corrected chi connectivity index (χ1v) is 7.99. The number of benzene rings is 2. The van der Waals surface area contributed by atoms with Crippen molar-refractivity contribution in [3.8, 4) is 5.75 Å². The van der Waals surface area contributed by atoms with Crippen molar-refractivity contribution in [2.75, 3.05) is 12.8 Å². The highest BCUT2D eigenvalue weighted by Crippen LogP contribution is 2.24. The molecule has 0 heterocycles. The number of hydrogen-bond acceptors (Lipinski definition) is 3. The van der Waals surface area contributed by atoms with Crippen LogP contribution in [0.3, 0.4) is 0 Å². The topological polar surface area (TPSA) is 55.6 Å². The van der Waals surface area contributed by atoms with Crippen molar-refractivity contribution in [3.63, 3.8) is 0 Å². The number of nitrogens with zero attached hydrogens (tertiary/aromatic N) is 1. The lowest BCUT2D eigenvalue weighted by atomic mass is 10.1. The summed E-state index contributed by atoms with van der Waals surface area (Å²) < 4.78 is 5.61. The molecule has 0 radical (unpaired) electrons. The van der Waals surface area contributed by atoms with Crippen LogP contribution in [-0.2, 0) is 11.3 Å². The molecule has 2 N–H and O–H groups in total. The van der Waals surface area contributed by atoms with E-state index in [1.165, 1.54) is 0 Å². The highest BCUT2D eigenvalue weighted by atomic mass is 16.5. The van der Waals surface area contributed by atoms with E-state index >= 15 is 0 Å². The van der Waals surface area contributed by atoms with Gasteiger partial charge in [0.2, 0.25) is 5.91 Å². The lowest BCUT2D eigenvalue weighted by Gasteiger charge is -2.15. The third-order valence-corrected chi connectivity index (χ3v) is 3.45. The lowest BCUT2D eigenvalue weighted by molar-refractivity contribution is -0.125. The quantitative estimate of drug-likeness (QED) is 0.651. The third kappa shape index (κ3) is 5.16. The first kappa shape index (κ1) is 17.6. The number of anilines is 1. The number of nitrogen functional groups attached to an aromatic ring is 1. The highest BCUT2D eigenvalue weighted by molar-refractivity contribution is 5.91. The number of ether oxygens (including phenoxy) is 1. The molecule has 0 atom stereocenters. The van der Waals surface area contributed by atoms with E-state index in [0.717, 1.165) is 11.1 Å². The van der Waals surface area contributed by atoms with E-state index in [9.17, 15) is 4.79 Å². The number of likely N-dealkylation sites (N-methyl/N-ethyl adjacent to an activating group) is 1. The van der Waals surface area contributed by atoms with E-state index < -0.39 is 0 Å². The average Bonchev–Trinajstić information content (AvgIpc) is 2.55. The van der Waals surface area contributed by atoms with Crippen molar-refractivity contribution < 1.29 is 9.53 Å². The Balaban J connectivity index is 1.99. The van der Waals surface area contributed by atoms with Crippen LogP contribution in [0.4, 0.5) is 5.69 Å². The standard InChI is InChI=1S/C20H24N2O2/c1-15(2)24-19-11-9-16(13-18(19)21)10-12-20(23)22(3)14-17-7-5-4-6-8-17/h4-13,15H,14,21H2,1-3H3/b12-10-. The van der Waals surface area contributed by atoms with Gasteiger partial charge in [-0.05, 0) is 43.2 Å². The summed E-state index contributed by atoms with van der Waals surface area (Å²) in [4.78, 5) is 13.9. The molecule has 4 heteroatoms. The number of amides is 1. The summed E-state index contributed by atoms with van der Waals surface area (Å²) in [6, 6.07) is 15.4. The molecular weight excluding hydrogens is 300 g/mol. The molecule has 0 aromatic heterocycles. The number of rotatable bonds is 6. The van der Waals surface area contributed by atoms with E-state index in [-0.39, 0.29) is 12.0 Å². The molecule has 0 fully saturated rings. The van der Waals surface area contributed by atoms with E-state index in [4.69, 9.17) is 10.5 Å². The molecule has 0 aliphatic heterocycles. The maximum Gasteiger partial charge on any atom is 0.246 e. The van der Waals surface area contributed by atoms with Gasteiger partial charge in [-0.1, -0.05) is 36.4 Å². The Morgan fingerprint density at radius 3 is 2.54 bits per heavy atom. The van der Waals surface area contributed by atoms with Gasteiger partial charge in [0.05, 0.1) is 11.8 Å². The first-order chi connectivity index (χ1) is 11.5. The summed E-state index contributed by atoms with van der Waals surface area (Å²) in [6.07, 6.45) is 3.39. The summed E-state index contributed by atoms with van der Waals surface area (Å²) in [7, 11) is 1.79. The molecule has 126 valence electrons. The minimum Gasteiger partial charge on any atom is -0.489 e. The third-order valence-electron chi connectivity index (χ3n) is 3.45. The summed E-state index contributed by atoms with van der Waals surface area (Å²) in [6.45, 7) is 4.48. The van der Waals surface area contributed by atoms with Crippen LogP contribution in [0.25, 0.3) is 6.08 Å². The number of nitrogens with two attached hydrogens (primary N) is 1. The normalized spacial score (nSPS) is 11.0. The van der Waals surface area contributed by atoms with Crippen LogP contribution in [-0.4, -0.2) is 24.0 Å². The van der Waals surface area contributed by atoms with Gasteiger partial charge in [-0.15, -0.1) is 0 Å². The van der Waals surface area contributed by atoms with Crippen molar-refractivity contribution >= 4 is 17.7 Å². The fraction of sp³-hybridized carbons (Fsp3) is 0.250. The Kier molecular flexibility index (Phi) is 6.01. The fourth-order valence-corrected chi connectivity index (χ4v) is 2.26. The van der Waals surface area contributed by atoms with Crippen molar-refractivity contribution in [2.24, 2.45) is 0 Å². The molecule has 0 saturated carbocycles. The Hall–Kier alpha value is -2.75. The monoisotopic (exact) mass is 324 g/mol. The first-order valence-electron chi connectivity index (χ1n) is 7.99.